The van der Waals surface area contributed by atoms with Crippen molar-refractivity contribution in [2.45, 2.75) is 60.0 Å². The molecule has 0 unspecified atom stereocenters. The summed E-state index contributed by atoms with van der Waals surface area (Å²) < 4.78 is 5.34. The summed E-state index contributed by atoms with van der Waals surface area (Å²) in [5, 5.41) is 8.90. The number of likely N-dealkylation sites (N-methyl/N-ethyl adjacent to an activating group) is 1. The molecule has 0 saturated heterocycles. The van der Waals surface area contributed by atoms with Crippen molar-refractivity contribution in [1.82, 2.24) is 9.80 Å². The minimum Gasteiger partial charge on any atom is -0.444 e. The molecular formula is C16H29N3O3. The lowest BCUT2D eigenvalue weighted by molar-refractivity contribution is -0.129. The van der Waals surface area contributed by atoms with Gasteiger partial charge in [-0.25, -0.2) is 9.69 Å². The largest absolute Gasteiger partial charge is 0.444 e. The number of hydrogen-bond acceptors (Lipinski definition) is 4. The molecule has 0 atom stereocenters. The third-order valence-corrected chi connectivity index (χ3v) is 2.93. The van der Waals surface area contributed by atoms with Gasteiger partial charge in [-0.05, 0) is 46.5 Å². The number of nitriles is 1. The molecule has 0 heterocycles. The first-order valence-corrected chi connectivity index (χ1v) is 7.78. The van der Waals surface area contributed by atoms with Crippen molar-refractivity contribution in [2.75, 3.05) is 19.6 Å². The van der Waals surface area contributed by atoms with Crippen LogP contribution in [0.5, 0.6) is 0 Å². The lowest BCUT2D eigenvalue weighted by atomic mass is 10.1. The maximum absolute atomic E-state index is 12.2. The second-order valence-corrected chi connectivity index (χ2v) is 6.68. The van der Waals surface area contributed by atoms with Crippen LogP contribution in [0.4, 0.5) is 4.79 Å². The van der Waals surface area contributed by atoms with E-state index in [2.05, 4.69) is 13.8 Å². The first-order valence-electron chi connectivity index (χ1n) is 7.78. The Morgan fingerprint density at radius 1 is 1.27 bits per heavy atom. The van der Waals surface area contributed by atoms with Gasteiger partial charge in [0.05, 0.1) is 0 Å². The Morgan fingerprint density at radius 3 is 2.27 bits per heavy atom. The van der Waals surface area contributed by atoms with E-state index in [4.69, 9.17) is 10.00 Å². The van der Waals surface area contributed by atoms with Crippen molar-refractivity contribution >= 4 is 12.0 Å². The summed E-state index contributed by atoms with van der Waals surface area (Å²) in [7, 11) is 0. The van der Waals surface area contributed by atoms with Crippen LogP contribution in [0.3, 0.4) is 0 Å². The Labute approximate surface area is 134 Å². The fraction of sp³-hybridized carbons (Fsp3) is 0.812. The van der Waals surface area contributed by atoms with Gasteiger partial charge in [0.2, 0.25) is 0 Å². The summed E-state index contributed by atoms with van der Waals surface area (Å²) >= 11 is 0. The van der Waals surface area contributed by atoms with Gasteiger partial charge in [0.25, 0.3) is 5.91 Å². The summed E-state index contributed by atoms with van der Waals surface area (Å²) in [5.41, 5.74) is -0.615. The molecule has 0 fully saturated rings. The van der Waals surface area contributed by atoms with Gasteiger partial charge in [0, 0.05) is 13.1 Å². The fourth-order valence-corrected chi connectivity index (χ4v) is 1.80. The Hall–Kier alpha value is -1.77. The number of nitrogens with zero attached hydrogens (tertiary/aromatic N) is 3. The van der Waals surface area contributed by atoms with Crippen molar-refractivity contribution in [1.29, 1.82) is 5.26 Å². The van der Waals surface area contributed by atoms with E-state index in [9.17, 15) is 9.59 Å². The minimum absolute atomic E-state index is 0.131. The Bertz CT molecular complexity index is 408. The molecule has 0 aromatic rings. The van der Waals surface area contributed by atoms with E-state index in [0.717, 1.165) is 17.7 Å². The van der Waals surface area contributed by atoms with Crippen LogP contribution < -0.4 is 0 Å². The van der Waals surface area contributed by atoms with E-state index in [0.29, 0.717) is 19.0 Å². The molecule has 0 aromatic heterocycles. The highest BCUT2D eigenvalue weighted by atomic mass is 16.6. The van der Waals surface area contributed by atoms with E-state index in [-0.39, 0.29) is 12.5 Å². The third kappa shape index (κ3) is 8.50. The molecule has 0 N–H and O–H groups in total. The van der Waals surface area contributed by atoms with E-state index in [1.807, 2.05) is 6.19 Å². The summed E-state index contributed by atoms with van der Waals surface area (Å²) in [6.45, 7) is 11.9. The molecular weight excluding hydrogens is 282 g/mol. The van der Waals surface area contributed by atoms with Crippen molar-refractivity contribution in [3.8, 4) is 6.19 Å². The van der Waals surface area contributed by atoms with Crippen molar-refractivity contribution in [2.24, 2.45) is 5.92 Å². The number of carbonyl (C=O) groups is 2. The molecule has 0 aliphatic carbocycles. The zero-order chi connectivity index (χ0) is 17.3. The molecule has 0 aliphatic rings. The molecule has 0 bridgehead atoms. The molecule has 0 aliphatic heterocycles. The van der Waals surface area contributed by atoms with E-state index in [1.165, 1.54) is 4.90 Å². The van der Waals surface area contributed by atoms with E-state index < -0.39 is 11.7 Å². The predicted molar refractivity (Wildman–Crippen MR) is 84.9 cm³/mol. The highest BCUT2D eigenvalue weighted by Crippen LogP contribution is 2.12. The van der Waals surface area contributed by atoms with Gasteiger partial charge in [0.1, 0.15) is 12.1 Å². The maximum Gasteiger partial charge on any atom is 0.410 e. The standard InChI is InChI=1S/C16H29N3O3/c1-7-18(12-17)14(20)11-19(10-8-9-13(2)3)15(21)22-16(4,5)6/h13H,7-11H2,1-6H3. The summed E-state index contributed by atoms with van der Waals surface area (Å²) in [6.07, 6.45) is 3.06. The van der Waals surface area contributed by atoms with Crippen LogP contribution in [0.15, 0.2) is 0 Å². The van der Waals surface area contributed by atoms with Gasteiger partial charge in [-0.1, -0.05) is 13.8 Å². The SMILES string of the molecule is CCN(C#N)C(=O)CN(CCCC(C)C)C(=O)OC(C)(C)C. The number of hydrogen-bond donors (Lipinski definition) is 0. The van der Waals surface area contributed by atoms with Gasteiger partial charge >= 0.3 is 6.09 Å². The molecule has 0 radical (unpaired) electrons. The van der Waals surface area contributed by atoms with Gasteiger partial charge in [-0.15, -0.1) is 0 Å². The molecule has 6 nitrogen and oxygen atoms in total. The van der Waals surface area contributed by atoms with Crippen LogP contribution in [0.25, 0.3) is 0 Å². The Morgan fingerprint density at radius 2 is 1.86 bits per heavy atom. The van der Waals surface area contributed by atoms with Gasteiger partial charge < -0.3 is 4.74 Å². The topological polar surface area (TPSA) is 73.6 Å². The maximum atomic E-state index is 12.2. The average molecular weight is 311 g/mol. The van der Waals surface area contributed by atoms with E-state index >= 15 is 0 Å². The monoisotopic (exact) mass is 311 g/mol. The highest BCUT2D eigenvalue weighted by Gasteiger charge is 2.25. The molecule has 126 valence electrons. The molecule has 0 saturated carbocycles. The quantitative estimate of drug-likeness (QED) is 0.535. The zero-order valence-corrected chi connectivity index (χ0v) is 14.7. The van der Waals surface area contributed by atoms with Crippen molar-refractivity contribution < 1.29 is 14.3 Å². The van der Waals surface area contributed by atoms with Crippen LogP contribution in [0, 0.1) is 17.4 Å². The number of carbonyl (C=O) groups excluding carboxylic acids is 2. The van der Waals surface area contributed by atoms with Crippen LogP contribution >= 0.6 is 0 Å². The van der Waals surface area contributed by atoms with E-state index in [1.54, 1.807) is 27.7 Å². The van der Waals surface area contributed by atoms with Crippen LogP contribution in [0.1, 0.15) is 54.4 Å². The molecule has 22 heavy (non-hydrogen) atoms. The molecule has 0 rings (SSSR count). The number of amides is 2. The van der Waals surface area contributed by atoms with Gasteiger partial charge in [0.15, 0.2) is 6.19 Å². The van der Waals surface area contributed by atoms with Crippen LogP contribution in [-0.4, -0.2) is 47.0 Å². The smallest absolute Gasteiger partial charge is 0.410 e. The molecule has 2 amide bonds. The fourth-order valence-electron chi connectivity index (χ4n) is 1.80. The average Bonchev–Trinajstić information content (AvgIpc) is 2.36. The number of ether oxygens (including phenoxy) is 1. The first kappa shape index (κ1) is 20.2. The highest BCUT2D eigenvalue weighted by molar-refractivity contribution is 5.83. The molecule has 6 heteroatoms. The second-order valence-electron chi connectivity index (χ2n) is 6.68. The second kappa shape index (κ2) is 9.29. The van der Waals surface area contributed by atoms with Crippen molar-refractivity contribution in [3.05, 3.63) is 0 Å². The summed E-state index contributed by atoms with van der Waals surface area (Å²) in [4.78, 5) is 26.7. The lowest BCUT2D eigenvalue weighted by Gasteiger charge is -2.28. The van der Waals surface area contributed by atoms with Gasteiger partial charge in [-0.3, -0.25) is 9.69 Å². The summed E-state index contributed by atoms with van der Waals surface area (Å²) in [5.74, 6) is 0.142. The van der Waals surface area contributed by atoms with Gasteiger partial charge in [-0.2, -0.15) is 5.26 Å². The zero-order valence-electron chi connectivity index (χ0n) is 14.7. The normalized spacial score (nSPS) is 11.0. The molecule has 0 aromatic carbocycles. The number of rotatable bonds is 7. The van der Waals surface area contributed by atoms with Crippen LogP contribution in [-0.2, 0) is 9.53 Å². The molecule has 0 spiro atoms. The third-order valence-electron chi connectivity index (χ3n) is 2.93. The van der Waals surface area contributed by atoms with Crippen molar-refractivity contribution in [3.63, 3.8) is 0 Å². The minimum atomic E-state index is -0.615. The van der Waals surface area contributed by atoms with Crippen LogP contribution in [0.2, 0.25) is 0 Å². The Balaban J connectivity index is 4.82. The Kier molecular flexibility index (Phi) is 8.54. The predicted octanol–water partition coefficient (Wildman–Crippen LogP) is 2.99. The lowest BCUT2D eigenvalue weighted by Crippen LogP contribution is -2.44. The summed E-state index contributed by atoms with van der Waals surface area (Å²) in [6, 6.07) is 0. The first-order chi connectivity index (χ1) is 10.1.